The number of aromatic nitrogens is 3. The van der Waals surface area contributed by atoms with Crippen LogP contribution in [0.2, 0.25) is 0 Å². The Hall–Kier alpha value is -6.40. The molecule has 9 rings (SSSR count). The number of anilines is 4. The van der Waals surface area contributed by atoms with Gasteiger partial charge in [0.25, 0.3) is 0 Å². The molecule has 59 heavy (non-hydrogen) atoms. The Morgan fingerprint density at radius 1 is 0.559 bits per heavy atom. The van der Waals surface area contributed by atoms with E-state index in [0.717, 1.165) is 50.8 Å². The van der Waals surface area contributed by atoms with E-state index in [1.165, 1.54) is 55.6 Å². The predicted molar refractivity (Wildman–Crippen MR) is 247 cm³/mol. The van der Waals surface area contributed by atoms with Gasteiger partial charge in [-0.1, -0.05) is 77.9 Å². The molecule has 4 heterocycles. The van der Waals surface area contributed by atoms with E-state index in [1.807, 2.05) is 24.7 Å². The molecule has 0 unspecified atom stereocenters. The van der Waals surface area contributed by atoms with Gasteiger partial charge < -0.3 is 14.5 Å². The predicted octanol–water partition coefficient (Wildman–Crippen LogP) is 14.1. The van der Waals surface area contributed by atoms with Gasteiger partial charge in [-0.25, -0.2) is 4.98 Å². The summed E-state index contributed by atoms with van der Waals surface area (Å²) in [5, 5.41) is 2.35. The second kappa shape index (κ2) is 14.2. The van der Waals surface area contributed by atoms with E-state index < -0.39 is 0 Å². The summed E-state index contributed by atoms with van der Waals surface area (Å²) in [5.74, 6) is 2.43. The normalized spacial score (nSPS) is 13.1. The molecule has 0 amide bonds. The van der Waals surface area contributed by atoms with Crippen molar-refractivity contribution in [2.45, 2.75) is 80.1 Å². The minimum Gasteiger partial charge on any atom is -0.457 e. The molecule has 0 atom stereocenters. The van der Waals surface area contributed by atoms with E-state index in [0.29, 0.717) is 6.67 Å². The molecule has 296 valence electrons. The van der Waals surface area contributed by atoms with Crippen LogP contribution in [0.5, 0.6) is 11.5 Å². The van der Waals surface area contributed by atoms with E-state index in [9.17, 15) is 0 Å². The van der Waals surface area contributed by atoms with Crippen molar-refractivity contribution < 1.29 is 4.74 Å². The third kappa shape index (κ3) is 6.80. The van der Waals surface area contributed by atoms with Crippen LogP contribution in [0.25, 0.3) is 38.8 Å². The minimum atomic E-state index is -0.000798. The highest BCUT2D eigenvalue weighted by Crippen LogP contribution is 2.47. The number of para-hydroxylation sites is 1. The first-order valence-corrected chi connectivity index (χ1v) is 20.7. The monoisotopic (exact) mass is 775 g/mol. The Balaban J connectivity index is 1.04. The van der Waals surface area contributed by atoms with Gasteiger partial charge in [-0.15, -0.1) is 0 Å². The summed E-state index contributed by atoms with van der Waals surface area (Å²) in [7, 11) is 0. The fraction of sp³-hybridized carbons (Fsp3) is 0.245. The molecule has 0 fully saturated rings. The molecule has 5 aromatic carbocycles. The number of rotatable bonds is 6. The lowest BCUT2D eigenvalue weighted by atomic mass is 9.82. The summed E-state index contributed by atoms with van der Waals surface area (Å²) in [6.07, 6.45) is 5.79. The van der Waals surface area contributed by atoms with Crippen LogP contribution in [0.1, 0.15) is 74.9 Å². The Morgan fingerprint density at radius 3 is 1.98 bits per heavy atom. The summed E-state index contributed by atoms with van der Waals surface area (Å²) in [4.78, 5) is 14.2. The molecule has 8 aromatic rings. The Morgan fingerprint density at radius 2 is 1.25 bits per heavy atom. The van der Waals surface area contributed by atoms with E-state index in [-0.39, 0.29) is 10.8 Å². The zero-order valence-electron chi connectivity index (χ0n) is 36.0. The largest absolute Gasteiger partial charge is 0.457 e. The van der Waals surface area contributed by atoms with Gasteiger partial charge in [-0.2, -0.15) is 0 Å². The summed E-state index contributed by atoms with van der Waals surface area (Å²) >= 11 is 0. The molecule has 3 aromatic heterocycles. The molecule has 6 heteroatoms. The zero-order chi connectivity index (χ0) is 41.4. The van der Waals surface area contributed by atoms with Gasteiger partial charge in [-0.05, 0) is 144 Å². The van der Waals surface area contributed by atoms with E-state index in [1.54, 1.807) is 0 Å². The second-order valence-electron chi connectivity index (χ2n) is 18.3. The number of hydrogen-bond donors (Lipinski definition) is 0. The molecule has 0 radical (unpaired) electrons. The number of fused-ring (bicyclic) bond motifs is 4. The molecular formula is C53H53N5O. The van der Waals surface area contributed by atoms with Crippen molar-refractivity contribution in [1.82, 2.24) is 14.5 Å². The summed E-state index contributed by atoms with van der Waals surface area (Å²) in [5.41, 5.74) is 17.0. The average Bonchev–Trinajstić information content (AvgIpc) is 3.73. The fourth-order valence-electron chi connectivity index (χ4n) is 9.02. The van der Waals surface area contributed by atoms with Crippen molar-refractivity contribution in [2.24, 2.45) is 0 Å². The molecule has 0 saturated carbocycles. The van der Waals surface area contributed by atoms with Crippen LogP contribution in [0.4, 0.5) is 22.7 Å². The molecule has 0 aliphatic carbocycles. The number of hydrogen-bond acceptors (Lipinski definition) is 5. The maximum Gasteiger partial charge on any atom is 0.137 e. The van der Waals surface area contributed by atoms with Crippen molar-refractivity contribution in [2.75, 3.05) is 16.5 Å². The van der Waals surface area contributed by atoms with Gasteiger partial charge in [0, 0.05) is 46.7 Å². The van der Waals surface area contributed by atoms with Crippen LogP contribution in [0.15, 0.2) is 128 Å². The maximum atomic E-state index is 6.70. The number of pyridine rings is 2. The quantitative estimate of drug-likeness (QED) is 0.168. The Labute approximate surface area is 348 Å². The van der Waals surface area contributed by atoms with Crippen molar-refractivity contribution in [3.63, 3.8) is 0 Å². The highest BCUT2D eigenvalue weighted by molar-refractivity contribution is 6.09. The lowest BCUT2D eigenvalue weighted by molar-refractivity contribution is 0.483. The van der Waals surface area contributed by atoms with E-state index >= 15 is 0 Å². The maximum absolute atomic E-state index is 6.70. The van der Waals surface area contributed by atoms with Crippen LogP contribution >= 0.6 is 0 Å². The lowest BCUT2D eigenvalue weighted by Gasteiger charge is -2.26. The summed E-state index contributed by atoms with van der Waals surface area (Å²) in [6, 6.07) is 39.2. The smallest absolute Gasteiger partial charge is 0.137 e. The lowest BCUT2D eigenvalue weighted by Crippen LogP contribution is -2.25. The average molecular weight is 776 g/mol. The Bertz CT molecular complexity index is 2880. The van der Waals surface area contributed by atoms with Gasteiger partial charge >= 0.3 is 0 Å². The highest BCUT2D eigenvalue weighted by atomic mass is 16.5. The van der Waals surface area contributed by atoms with E-state index in [4.69, 9.17) is 9.72 Å². The third-order valence-electron chi connectivity index (χ3n) is 11.9. The molecule has 1 aliphatic heterocycles. The highest BCUT2D eigenvalue weighted by Gasteiger charge is 2.31. The molecular weight excluding hydrogens is 723 g/mol. The molecule has 0 bridgehead atoms. The van der Waals surface area contributed by atoms with E-state index in [2.05, 4.69) is 192 Å². The number of benzene rings is 5. The van der Waals surface area contributed by atoms with Crippen LogP contribution in [0.3, 0.4) is 0 Å². The Kier molecular flexibility index (Phi) is 9.15. The van der Waals surface area contributed by atoms with Crippen LogP contribution in [0, 0.1) is 27.7 Å². The number of nitrogens with zero attached hydrogens (tertiary/aromatic N) is 5. The topological polar surface area (TPSA) is 46.4 Å². The molecule has 0 saturated heterocycles. The van der Waals surface area contributed by atoms with Crippen molar-refractivity contribution in [1.29, 1.82) is 0 Å². The van der Waals surface area contributed by atoms with Crippen LogP contribution in [-0.4, -0.2) is 21.2 Å². The van der Waals surface area contributed by atoms with Gasteiger partial charge in [0.05, 0.1) is 28.6 Å². The van der Waals surface area contributed by atoms with Gasteiger partial charge in [0.2, 0.25) is 0 Å². The second-order valence-corrected chi connectivity index (χ2v) is 18.3. The van der Waals surface area contributed by atoms with Crippen LogP contribution in [-0.2, 0) is 10.8 Å². The fourth-order valence-corrected chi connectivity index (χ4v) is 9.02. The van der Waals surface area contributed by atoms with Gasteiger partial charge in [0.1, 0.15) is 24.0 Å². The summed E-state index contributed by atoms with van der Waals surface area (Å²) < 4.78 is 8.96. The number of aryl methyl sites for hydroxylation is 4. The molecule has 1 aliphatic rings. The SMILES string of the molecule is Cc1cc(C(C)(C)C)cc(C)c1-c1cc(C)c(N2CN(c3cccc(Oc4ccc5c6ccccc6n(-c6cc(C(C)(C)C)ccn6)c5c4)c3)c3ccncc32)c(C)c1. The molecule has 6 nitrogen and oxygen atoms in total. The zero-order valence-corrected chi connectivity index (χ0v) is 36.0. The van der Waals surface area contributed by atoms with Crippen molar-refractivity contribution >= 4 is 44.6 Å². The standard InChI is InChI=1S/C53H53N5O/c1-33-26-39(53(8,9)10)27-34(2)50(33)37-24-35(3)51(36(4)25-37)57-32-56(46-21-22-54-31-48(46)57)40-14-13-15-41(29-40)59-42-18-19-44-43-16-11-12-17-45(43)58(47(44)30-42)49-28-38(20-23-55-49)52(5,6)7/h11-31H,32H2,1-10H3. The number of ether oxygens (including phenoxy) is 1. The van der Waals surface area contributed by atoms with Gasteiger partial charge in [-0.3, -0.25) is 9.55 Å². The first-order chi connectivity index (χ1) is 28.2. The van der Waals surface area contributed by atoms with Crippen molar-refractivity contribution in [3.8, 4) is 28.4 Å². The van der Waals surface area contributed by atoms with Crippen LogP contribution < -0.4 is 14.5 Å². The molecule has 0 N–H and O–H groups in total. The summed E-state index contributed by atoms with van der Waals surface area (Å²) in [6.45, 7) is 23.2. The minimum absolute atomic E-state index is 0.000798. The van der Waals surface area contributed by atoms with Crippen molar-refractivity contribution in [3.05, 3.63) is 161 Å². The van der Waals surface area contributed by atoms with Gasteiger partial charge in [0.15, 0.2) is 0 Å². The third-order valence-corrected chi connectivity index (χ3v) is 11.9. The first-order valence-electron chi connectivity index (χ1n) is 20.7. The molecule has 0 spiro atoms. The first kappa shape index (κ1) is 38.1.